The summed E-state index contributed by atoms with van der Waals surface area (Å²) in [6.07, 6.45) is 0.639. The van der Waals surface area contributed by atoms with Crippen LogP contribution in [0.3, 0.4) is 0 Å². The Kier molecular flexibility index (Phi) is 3.46. The Bertz CT molecular complexity index is 617. The fourth-order valence-corrected chi connectivity index (χ4v) is 2.88. The van der Waals surface area contributed by atoms with Gasteiger partial charge in [-0.1, -0.05) is 24.3 Å². The molecule has 1 heterocycles. The van der Waals surface area contributed by atoms with Crippen LogP contribution in [0.25, 0.3) is 0 Å². The summed E-state index contributed by atoms with van der Waals surface area (Å²) < 4.78 is 0. The number of nitrogens with zero attached hydrogens (tertiary/aromatic N) is 2. The second-order valence-corrected chi connectivity index (χ2v) is 5.39. The predicted octanol–water partition coefficient (Wildman–Crippen LogP) is 3.64. The van der Waals surface area contributed by atoms with Gasteiger partial charge in [0, 0.05) is 11.3 Å². The van der Waals surface area contributed by atoms with E-state index in [1.54, 1.807) is 17.4 Å². The Balaban J connectivity index is 2.45. The van der Waals surface area contributed by atoms with Gasteiger partial charge in [-0.15, -0.1) is 11.3 Å². The molecule has 0 radical (unpaired) electrons. The summed E-state index contributed by atoms with van der Waals surface area (Å²) in [5.41, 5.74) is 0.735. The molecule has 0 amide bonds. The molecule has 0 aliphatic carbocycles. The van der Waals surface area contributed by atoms with Crippen molar-refractivity contribution < 1.29 is 0 Å². The first-order chi connectivity index (χ1) is 8.69. The average molecular weight is 252 g/mol. The highest BCUT2D eigenvalue weighted by atomic mass is 32.1. The van der Waals surface area contributed by atoms with Crippen molar-refractivity contribution in [3.05, 3.63) is 57.8 Å². The minimum atomic E-state index is -0.656. The number of benzene rings is 1. The zero-order chi connectivity index (χ0) is 13.0. The van der Waals surface area contributed by atoms with Crippen LogP contribution in [0.4, 0.5) is 0 Å². The van der Waals surface area contributed by atoms with Crippen LogP contribution in [0.1, 0.15) is 22.9 Å². The Labute approximate surface area is 111 Å². The topological polar surface area (TPSA) is 47.6 Å². The molecule has 0 saturated heterocycles. The van der Waals surface area contributed by atoms with Gasteiger partial charge >= 0.3 is 0 Å². The molecule has 0 N–H and O–H groups in total. The minimum Gasteiger partial charge on any atom is -0.197 e. The quantitative estimate of drug-likeness (QED) is 0.837. The molecular formula is C15H12N2S. The van der Waals surface area contributed by atoms with Crippen LogP contribution in [0.2, 0.25) is 0 Å². The van der Waals surface area contributed by atoms with Crippen molar-refractivity contribution in [3.63, 3.8) is 0 Å². The second-order valence-electron chi connectivity index (χ2n) is 4.36. The maximum absolute atomic E-state index is 9.50. The molecular weight excluding hydrogens is 240 g/mol. The van der Waals surface area contributed by atoms with E-state index < -0.39 is 5.41 Å². The van der Waals surface area contributed by atoms with E-state index in [0.717, 1.165) is 10.4 Å². The second kappa shape index (κ2) is 5.04. The van der Waals surface area contributed by atoms with Gasteiger partial charge in [-0.25, -0.2) is 0 Å². The van der Waals surface area contributed by atoms with Gasteiger partial charge in [0.05, 0.1) is 23.1 Å². The van der Waals surface area contributed by atoms with Crippen LogP contribution < -0.4 is 0 Å². The van der Waals surface area contributed by atoms with Gasteiger partial charge in [0.2, 0.25) is 0 Å². The van der Waals surface area contributed by atoms with E-state index in [0.29, 0.717) is 12.0 Å². The smallest absolute Gasteiger partial charge is 0.0995 e. The molecule has 1 atom stereocenters. The number of thiophene rings is 1. The summed E-state index contributed by atoms with van der Waals surface area (Å²) in [6, 6.07) is 15.9. The van der Waals surface area contributed by atoms with Gasteiger partial charge in [-0.3, -0.25) is 0 Å². The molecule has 18 heavy (non-hydrogen) atoms. The van der Waals surface area contributed by atoms with Crippen molar-refractivity contribution in [2.75, 3.05) is 0 Å². The Hall–Kier alpha value is -2.10. The number of nitriles is 2. The van der Waals surface area contributed by atoms with Crippen LogP contribution in [0, 0.1) is 22.7 Å². The average Bonchev–Trinajstić information content (AvgIpc) is 2.91. The molecule has 2 nitrogen and oxygen atoms in total. The van der Waals surface area contributed by atoms with Crippen molar-refractivity contribution in [2.45, 2.75) is 18.8 Å². The Morgan fingerprint density at radius 3 is 2.56 bits per heavy atom. The normalized spacial score (nSPS) is 13.3. The van der Waals surface area contributed by atoms with E-state index in [2.05, 4.69) is 12.1 Å². The third-order valence-electron chi connectivity index (χ3n) is 3.00. The summed E-state index contributed by atoms with van der Waals surface area (Å²) in [5.74, 6) is 0. The molecule has 0 spiro atoms. The van der Waals surface area contributed by atoms with Crippen LogP contribution in [-0.4, -0.2) is 0 Å². The maximum atomic E-state index is 9.50. The first kappa shape index (κ1) is 12.4. The largest absolute Gasteiger partial charge is 0.197 e. The van der Waals surface area contributed by atoms with Crippen LogP contribution in [0.5, 0.6) is 0 Å². The molecule has 1 aromatic carbocycles. The number of rotatable bonds is 3. The molecule has 1 unspecified atom stereocenters. The van der Waals surface area contributed by atoms with Crippen molar-refractivity contribution in [1.82, 2.24) is 0 Å². The first-order valence-electron chi connectivity index (χ1n) is 5.63. The molecule has 3 heteroatoms. The number of hydrogen-bond acceptors (Lipinski definition) is 3. The lowest BCUT2D eigenvalue weighted by Gasteiger charge is -2.22. The van der Waals surface area contributed by atoms with E-state index in [-0.39, 0.29) is 0 Å². The molecule has 0 bridgehead atoms. The van der Waals surface area contributed by atoms with Gasteiger partial charge in [-0.2, -0.15) is 10.5 Å². The Morgan fingerprint density at radius 1 is 1.17 bits per heavy atom. The van der Waals surface area contributed by atoms with Gasteiger partial charge < -0.3 is 0 Å². The fraction of sp³-hybridized carbons (Fsp3) is 0.200. The van der Waals surface area contributed by atoms with E-state index in [9.17, 15) is 5.26 Å². The van der Waals surface area contributed by atoms with Crippen molar-refractivity contribution in [3.8, 4) is 12.1 Å². The summed E-state index contributed by atoms with van der Waals surface area (Å²) in [6.45, 7) is 1.89. The molecule has 0 saturated carbocycles. The third-order valence-corrected chi connectivity index (χ3v) is 3.87. The summed E-state index contributed by atoms with van der Waals surface area (Å²) in [5, 5.41) is 20.7. The van der Waals surface area contributed by atoms with Crippen molar-refractivity contribution in [1.29, 1.82) is 10.5 Å². The lowest BCUT2D eigenvalue weighted by atomic mass is 9.78. The predicted molar refractivity (Wildman–Crippen MR) is 72.1 cm³/mol. The highest BCUT2D eigenvalue weighted by Gasteiger charge is 2.29. The molecule has 2 aromatic rings. The lowest BCUT2D eigenvalue weighted by molar-refractivity contribution is 0.610. The van der Waals surface area contributed by atoms with E-state index in [1.807, 2.05) is 42.6 Å². The Morgan fingerprint density at radius 2 is 1.94 bits per heavy atom. The standard InChI is InChI=1S/C15H12N2S/c1-15(11-17,9-13-6-4-8-18-13)14-7-3-2-5-12(14)10-16/h2-8H,9H2,1H3. The summed E-state index contributed by atoms with van der Waals surface area (Å²) >= 11 is 1.64. The molecule has 0 fully saturated rings. The van der Waals surface area contributed by atoms with Crippen molar-refractivity contribution in [2.24, 2.45) is 0 Å². The highest BCUT2D eigenvalue weighted by molar-refractivity contribution is 7.09. The van der Waals surface area contributed by atoms with Gasteiger partial charge in [0.25, 0.3) is 0 Å². The first-order valence-corrected chi connectivity index (χ1v) is 6.51. The summed E-state index contributed by atoms with van der Waals surface area (Å²) in [7, 11) is 0. The fourth-order valence-electron chi connectivity index (χ4n) is 2.02. The van der Waals surface area contributed by atoms with Crippen LogP contribution >= 0.6 is 11.3 Å². The zero-order valence-corrected chi connectivity index (χ0v) is 10.9. The monoisotopic (exact) mass is 252 g/mol. The van der Waals surface area contributed by atoms with Gasteiger partial charge in [0.1, 0.15) is 0 Å². The molecule has 2 rings (SSSR count). The lowest BCUT2D eigenvalue weighted by Crippen LogP contribution is -2.23. The third kappa shape index (κ3) is 2.27. The van der Waals surface area contributed by atoms with E-state index >= 15 is 0 Å². The molecule has 0 aliphatic rings. The van der Waals surface area contributed by atoms with Gasteiger partial charge in [0.15, 0.2) is 0 Å². The minimum absolute atomic E-state index is 0.582. The van der Waals surface area contributed by atoms with Gasteiger partial charge in [-0.05, 0) is 30.0 Å². The maximum Gasteiger partial charge on any atom is 0.0995 e. The van der Waals surface area contributed by atoms with Crippen LogP contribution in [-0.2, 0) is 11.8 Å². The van der Waals surface area contributed by atoms with Crippen LogP contribution in [0.15, 0.2) is 41.8 Å². The molecule has 0 aliphatic heterocycles. The summed E-state index contributed by atoms with van der Waals surface area (Å²) in [4.78, 5) is 1.16. The van der Waals surface area contributed by atoms with Crippen molar-refractivity contribution >= 4 is 11.3 Å². The van der Waals surface area contributed by atoms with E-state index in [4.69, 9.17) is 5.26 Å². The van der Waals surface area contributed by atoms with E-state index in [1.165, 1.54) is 0 Å². The molecule has 1 aromatic heterocycles. The molecule has 88 valence electrons. The SMILES string of the molecule is CC(C#N)(Cc1cccs1)c1ccccc1C#N. The zero-order valence-electron chi connectivity index (χ0n) is 10.1. The number of hydrogen-bond donors (Lipinski definition) is 0. The highest BCUT2D eigenvalue weighted by Crippen LogP contribution is 2.31.